The lowest BCUT2D eigenvalue weighted by Crippen LogP contribution is -2.51. The third kappa shape index (κ3) is 5.42. The summed E-state index contributed by atoms with van der Waals surface area (Å²) in [4.78, 5) is 12.5. The van der Waals surface area contributed by atoms with Crippen LogP contribution in [-0.2, 0) is 4.79 Å². The van der Waals surface area contributed by atoms with Crippen molar-refractivity contribution in [3.63, 3.8) is 0 Å². The molecule has 1 unspecified atom stereocenters. The summed E-state index contributed by atoms with van der Waals surface area (Å²) in [5, 5.41) is 11.1. The third-order valence-electron chi connectivity index (χ3n) is 4.36. The van der Waals surface area contributed by atoms with Gasteiger partial charge in [-0.05, 0) is 42.9 Å². The number of hydrogen-bond acceptors (Lipinski definition) is 3. The molecule has 1 fully saturated rings. The molecule has 1 amide bonds. The molecule has 9 heteroatoms. The zero-order valence-corrected chi connectivity index (χ0v) is 16.4. The lowest BCUT2D eigenvalue weighted by molar-refractivity contribution is -0.234. The van der Waals surface area contributed by atoms with Gasteiger partial charge in [-0.1, -0.05) is 41.9 Å². The summed E-state index contributed by atoms with van der Waals surface area (Å²) in [6, 6.07) is 2.77. The average Bonchev–Trinajstić information content (AvgIpc) is 3.33. The Kier molecular flexibility index (Phi) is 6.53. The van der Waals surface area contributed by atoms with Gasteiger partial charge in [-0.15, -0.1) is 9.60 Å². The Morgan fingerprint density at radius 1 is 1.33 bits per heavy atom. The molecule has 2 atom stereocenters. The Morgan fingerprint density at radius 3 is 2.30 bits per heavy atom. The van der Waals surface area contributed by atoms with Crippen molar-refractivity contribution in [2.24, 2.45) is 5.92 Å². The highest BCUT2D eigenvalue weighted by molar-refractivity contribution is 9.10. The van der Waals surface area contributed by atoms with Crippen molar-refractivity contribution in [3.05, 3.63) is 34.3 Å². The zero-order valence-electron chi connectivity index (χ0n) is 14.9. The molecular weight excluding hydrogens is 430 g/mol. The molecule has 0 saturated heterocycles. The van der Waals surface area contributed by atoms with Crippen LogP contribution in [0.3, 0.4) is 0 Å². The Bertz CT molecular complexity index is 711. The van der Waals surface area contributed by atoms with E-state index in [1.807, 2.05) is 6.07 Å². The maximum atomic E-state index is 15.1. The third-order valence-corrected chi connectivity index (χ3v) is 4.89. The number of nitrogens with one attached hydrogen (secondary N) is 1. The fraction of sp³-hybridized carbons (Fsp3) is 0.556. The lowest BCUT2D eigenvalue weighted by atomic mass is 9.99. The number of carbonyl (C=O) groups is 1. The maximum absolute atomic E-state index is 15.1. The van der Waals surface area contributed by atoms with Crippen LogP contribution >= 0.6 is 15.9 Å². The van der Waals surface area contributed by atoms with Gasteiger partial charge < -0.3 is 5.32 Å². The van der Waals surface area contributed by atoms with Crippen molar-refractivity contribution >= 4 is 21.8 Å². The van der Waals surface area contributed by atoms with Crippen LogP contribution in [0.4, 0.5) is 17.7 Å². The molecule has 0 aromatic heterocycles. The fourth-order valence-electron chi connectivity index (χ4n) is 2.77. The monoisotopic (exact) mass is 449 g/mol. The zero-order chi connectivity index (χ0) is 20.4. The number of rotatable bonds is 7. The Morgan fingerprint density at radius 2 is 1.89 bits per heavy atom. The first-order valence-corrected chi connectivity index (χ1v) is 9.28. The molecule has 1 aromatic rings. The first-order valence-electron chi connectivity index (χ1n) is 8.48. The minimum atomic E-state index is -4.93. The summed E-state index contributed by atoms with van der Waals surface area (Å²) in [5.41, 5.74) is -1.39. The number of amides is 1. The van der Waals surface area contributed by atoms with Crippen LogP contribution < -0.4 is 5.32 Å². The van der Waals surface area contributed by atoms with Crippen molar-refractivity contribution in [2.75, 3.05) is 0 Å². The van der Waals surface area contributed by atoms with Gasteiger partial charge in [0, 0.05) is 4.47 Å². The summed E-state index contributed by atoms with van der Waals surface area (Å²) in [5.74, 6) is -1.13. The van der Waals surface area contributed by atoms with Crippen LogP contribution in [-0.4, -0.2) is 28.8 Å². The number of nitriles is 1. The first kappa shape index (κ1) is 21.6. The van der Waals surface area contributed by atoms with E-state index in [4.69, 9.17) is 5.26 Å². The molecule has 0 bridgehead atoms. The standard InChI is InChI=1S/C18H20BrF4N3O/c1-11(2)9-14(16(27)25-17(10-24)7-8-17)26(23)15(18(20,21)22)12-3-5-13(19)6-4-12/h3-6,11,14-15H,7-9H2,1-2H3,(H,25,27)/t14-,15?/m0/s1. The Hall–Kier alpha value is -1.66. The minimum Gasteiger partial charge on any atom is -0.336 e. The van der Waals surface area contributed by atoms with Crippen molar-refractivity contribution in [1.82, 2.24) is 10.4 Å². The number of alkyl halides is 3. The number of nitrogens with zero attached hydrogens (tertiary/aromatic N) is 2. The van der Waals surface area contributed by atoms with E-state index in [1.54, 1.807) is 13.8 Å². The molecule has 1 N–H and O–H groups in total. The largest absolute Gasteiger partial charge is 0.410 e. The highest BCUT2D eigenvalue weighted by atomic mass is 79.9. The summed E-state index contributed by atoms with van der Waals surface area (Å²) < 4.78 is 56.6. The first-order chi connectivity index (χ1) is 12.5. The molecule has 1 saturated carbocycles. The average molecular weight is 450 g/mol. The predicted molar refractivity (Wildman–Crippen MR) is 94.8 cm³/mol. The smallest absolute Gasteiger partial charge is 0.336 e. The van der Waals surface area contributed by atoms with Crippen LogP contribution in [0.15, 0.2) is 28.7 Å². The van der Waals surface area contributed by atoms with Gasteiger partial charge in [0.15, 0.2) is 6.04 Å². The second-order valence-corrected chi connectivity index (χ2v) is 8.08. The lowest BCUT2D eigenvalue weighted by Gasteiger charge is -2.32. The molecular formula is C18H20BrF4N3O. The van der Waals surface area contributed by atoms with Gasteiger partial charge in [0.25, 0.3) is 0 Å². The quantitative estimate of drug-likeness (QED) is 0.479. The van der Waals surface area contributed by atoms with Gasteiger partial charge in [0.2, 0.25) is 5.91 Å². The summed E-state index contributed by atoms with van der Waals surface area (Å²) in [7, 11) is 0. The van der Waals surface area contributed by atoms with E-state index in [2.05, 4.69) is 21.2 Å². The minimum absolute atomic E-state index is 0.118. The van der Waals surface area contributed by atoms with E-state index >= 15 is 4.48 Å². The van der Waals surface area contributed by atoms with Crippen molar-refractivity contribution in [2.45, 2.75) is 56.9 Å². The second-order valence-electron chi connectivity index (χ2n) is 7.17. The van der Waals surface area contributed by atoms with Crippen molar-refractivity contribution < 1.29 is 22.4 Å². The maximum Gasteiger partial charge on any atom is 0.410 e. The van der Waals surface area contributed by atoms with E-state index in [1.165, 1.54) is 12.1 Å². The molecule has 27 heavy (non-hydrogen) atoms. The molecule has 148 valence electrons. The Labute approximate surface area is 163 Å². The van der Waals surface area contributed by atoms with Crippen molar-refractivity contribution in [1.29, 1.82) is 5.26 Å². The van der Waals surface area contributed by atoms with Crippen LogP contribution in [0.25, 0.3) is 0 Å². The number of benzene rings is 1. The summed E-state index contributed by atoms with van der Waals surface area (Å²) in [6.45, 7) is 3.38. The molecule has 0 radical (unpaired) electrons. The topological polar surface area (TPSA) is 56.1 Å². The normalized spacial score (nSPS) is 18.1. The number of halogens is 5. The van der Waals surface area contributed by atoms with Crippen LogP contribution in [0.5, 0.6) is 0 Å². The molecule has 4 nitrogen and oxygen atoms in total. The van der Waals surface area contributed by atoms with Crippen LogP contribution in [0.1, 0.15) is 44.7 Å². The van der Waals surface area contributed by atoms with Gasteiger partial charge in [-0.25, -0.2) is 0 Å². The van der Waals surface area contributed by atoms with E-state index in [0.717, 1.165) is 12.1 Å². The van der Waals surface area contributed by atoms with Gasteiger partial charge in [-0.2, -0.15) is 18.4 Å². The van der Waals surface area contributed by atoms with Crippen molar-refractivity contribution in [3.8, 4) is 6.07 Å². The van der Waals surface area contributed by atoms with Gasteiger partial charge in [-0.3, -0.25) is 4.79 Å². The molecule has 1 aromatic carbocycles. The van der Waals surface area contributed by atoms with E-state index < -0.39 is 34.8 Å². The highest BCUT2D eigenvalue weighted by Crippen LogP contribution is 2.41. The molecule has 0 spiro atoms. The number of hydrogen-bond donors (Lipinski definition) is 1. The van der Waals surface area contributed by atoms with E-state index in [-0.39, 0.29) is 17.9 Å². The Balaban J connectivity index is 2.34. The molecule has 1 aliphatic carbocycles. The SMILES string of the molecule is CC(C)C[C@@H](C(=O)NC1(C#N)CC1)N(F)C(c1ccc(Br)cc1)C(F)(F)F. The van der Waals surface area contributed by atoms with E-state index in [9.17, 15) is 18.0 Å². The van der Waals surface area contributed by atoms with Gasteiger partial charge >= 0.3 is 6.18 Å². The fourth-order valence-corrected chi connectivity index (χ4v) is 3.04. The summed E-state index contributed by atoms with van der Waals surface area (Å²) >= 11 is 3.13. The number of carbonyl (C=O) groups excluding carboxylic acids is 1. The molecule has 0 heterocycles. The molecule has 1 aliphatic rings. The van der Waals surface area contributed by atoms with Gasteiger partial charge in [0.1, 0.15) is 11.6 Å². The molecule has 2 rings (SSSR count). The summed E-state index contributed by atoms with van der Waals surface area (Å²) in [6.07, 6.45) is -4.23. The predicted octanol–water partition coefficient (Wildman–Crippen LogP) is 4.83. The van der Waals surface area contributed by atoms with Gasteiger partial charge in [0.05, 0.1) is 6.07 Å². The van der Waals surface area contributed by atoms with Crippen LogP contribution in [0.2, 0.25) is 0 Å². The van der Waals surface area contributed by atoms with E-state index in [0.29, 0.717) is 17.3 Å². The highest BCUT2D eigenvalue weighted by Gasteiger charge is 2.51. The van der Waals surface area contributed by atoms with Crippen LogP contribution in [0, 0.1) is 17.2 Å². The molecule has 0 aliphatic heterocycles. The second kappa shape index (κ2) is 8.15.